The van der Waals surface area contributed by atoms with Crippen molar-refractivity contribution >= 4 is 33.5 Å². The van der Waals surface area contributed by atoms with Gasteiger partial charge in [-0.3, -0.25) is 9.59 Å². The number of nitrogens with zero attached hydrogens (tertiary/aromatic N) is 1. The van der Waals surface area contributed by atoms with Crippen LogP contribution in [0.25, 0.3) is 0 Å². The van der Waals surface area contributed by atoms with Crippen LogP contribution in [0.1, 0.15) is 13.3 Å². The zero-order valence-corrected chi connectivity index (χ0v) is 15.1. The second-order valence-electron chi connectivity index (χ2n) is 6.04. The molecule has 1 heterocycles. The van der Waals surface area contributed by atoms with Gasteiger partial charge in [-0.05, 0) is 30.5 Å². The Morgan fingerprint density at radius 1 is 1.40 bits per heavy atom. The molecule has 0 spiro atoms. The molecule has 2 atom stereocenters. The summed E-state index contributed by atoms with van der Waals surface area (Å²) >= 11 is 5.91. The number of hydrogen-bond donors (Lipinski definition) is 2. The van der Waals surface area contributed by atoms with Crippen molar-refractivity contribution in [3.05, 3.63) is 23.2 Å². The molecule has 10 heteroatoms. The minimum Gasteiger partial charge on any atom is -0.482 e. The van der Waals surface area contributed by atoms with Crippen LogP contribution in [-0.4, -0.2) is 49.4 Å². The van der Waals surface area contributed by atoms with E-state index in [9.17, 15) is 23.1 Å². The van der Waals surface area contributed by atoms with Crippen molar-refractivity contribution in [1.82, 2.24) is 4.31 Å². The second-order valence-corrected chi connectivity index (χ2v) is 8.39. The minimum atomic E-state index is -4.05. The number of carbonyl (C=O) groups is 2. The molecule has 0 saturated carbocycles. The molecule has 0 radical (unpaired) electrons. The molecular formula is C15H19ClN2O6S. The number of piperidine rings is 1. The number of benzene rings is 1. The molecule has 3 N–H and O–H groups in total. The number of carboxylic acids is 1. The third kappa shape index (κ3) is 4.62. The first-order valence-electron chi connectivity index (χ1n) is 7.55. The lowest BCUT2D eigenvalue weighted by molar-refractivity contribution is -0.143. The number of rotatable bonds is 6. The van der Waals surface area contributed by atoms with Crippen LogP contribution in [0, 0.1) is 11.8 Å². The summed E-state index contributed by atoms with van der Waals surface area (Å²) in [6, 6.07) is 3.97. The highest BCUT2D eigenvalue weighted by Gasteiger charge is 2.37. The third-order valence-corrected chi connectivity index (χ3v) is 5.96. The molecule has 1 aliphatic rings. The first-order chi connectivity index (χ1) is 11.6. The van der Waals surface area contributed by atoms with E-state index in [0.717, 1.165) is 4.31 Å². The maximum atomic E-state index is 13.0. The highest BCUT2D eigenvalue weighted by molar-refractivity contribution is 7.89. The van der Waals surface area contributed by atoms with E-state index in [1.807, 2.05) is 0 Å². The average Bonchev–Trinajstić information content (AvgIpc) is 2.52. The Balaban J connectivity index is 2.39. The van der Waals surface area contributed by atoms with Crippen molar-refractivity contribution in [2.75, 3.05) is 19.7 Å². The smallest absolute Gasteiger partial charge is 0.307 e. The SMILES string of the molecule is CC1CC(C(=O)O)CN(S(=O)(=O)c2cc(Cl)ccc2OCC(N)=O)C1. The van der Waals surface area contributed by atoms with Crippen molar-refractivity contribution in [3.63, 3.8) is 0 Å². The lowest BCUT2D eigenvalue weighted by Gasteiger charge is -2.34. The first kappa shape index (κ1) is 19.5. The zero-order valence-electron chi connectivity index (χ0n) is 13.5. The van der Waals surface area contributed by atoms with Gasteiger partial charge < -0.3 is 15.6 Å². The summed E-state index contributed by atoms with van der Waals surface area (Å²) in [6.45, 7) is 1.36. The second kappa shape index (κ2) is 7.59. The molecule has 1 saturated heterocycles. The zero-order chi connectivity index (χ0) is 18.8. The molecule has 1 aromatic rings. The van der Waals surface area contributed by atoms with E-state index in [-0.39, 0.29) is 34.7 Å². The summed E-state index contributed by atoms with van der Waals surface area (Å²) in [6.07, 6.45) is 0.405. The monoisotopic (exact) mass is 390 g/mol. The Morgan fingerprint density at radius 2 is 2.08 bits per heavy atom. The lowest BCUT2D eigenvalue weighted by Crippen LogP contribution is -2.45. The quantitative estimate of drug-likeness (QED) is 0.744. The molecule has 0 aromatic heterocycles. The average molecular weight is 391 g/mol. The maximum Gasteiger partial charge on any atom is 0.307 e. The fourth-order valence-electron chi connectivity index (χ4n) is 2.77. The van der Waals surface area contributed by atoms with Gasteiger partial charge in [0.25, 0.3) is 5.91 Å². The Morgan fingerprint density at radius 3 is 2.68 bits per heavy atom. The van der Waals surface area contributed by atoms with Crippen molar-refractivity contribution in [2.45, 2.75) is 18.2 Å². The van der Waals surface area contributed by atoms with E-state index in [1.165, 1.54) is 18.2 Å². The molecule has 2 rings (SSSR count). The first-order valence-corrected chi connectivity index (χ1v) is 9.36. The molecule has 0 bridgehead atoms. The van der Waals surface area contributed by atoms with Crippen LogP contribution in [0.5, 0.6) is 5.75 Å². The van der Waals surface area contributed by atoms with Gasteiger partial charge >= 0.3 is 5.97 Å². The summed E-state index contributed by atoms with van der Waals surface area (Å²) in [5.74, 6) is -2.75. The largest absolute Gasteiger partial charge is 0.482 e. The van der Waals surface area contributed by atoms with Crippen molar-refractivity contribution in [3.8, 4) is 5.75 Å². The number of carboxylic acid groups (broad SMARTS) is 1. The number of halogens is 1. The van der Waals surface area contributed by atoms with Crippen molar-refractivity contribution < 1.29 is 27.9 Å². The highest BCUT2D eigenvalue weighted by atomic mass is 35.5. The highest BCUT2D eigenvalue weighted by Crippen LogP contribution is 2.33. The molecule has 1 aliphatic heterocycles. The van der Waals surface area contributed by atoms with Gasteiger partial charge in [0.05, 0.1) is 5.92 Å². The third-order valence-electron chi connectivity index (χ3n) is 3.87. The van der Waals surface area contributed by atoms with Gasteiger partial charge in [-0.25, -0.2) is 8.42 Å². The van der Waals surface area contributed by atoms with E-state index in [0.29, 0.717) is 6.42 Å². The number of hydrogen-bond acceptors (Lipinski definition) is 5. The number of ether oxygens (including phenoxy) is 1. The van der Waals surface area contributed by atoms with E-state index < -0.39 is 34.4 Å². The maximum absolute atomic E-state index is 13.0. The Bertz CT molecular complexity index is 782. The Hall–Kier alpha value is -1.84. The predicted molar refractivity (Wildman–Crippen MR) is 89.8 cm³/mol. The van der Waals surface area contributed by atoms with E-state index >= 15 is 0 Å². The van der Waals surface area contributed by atoms with Crippen LogP contribution in [0.2, 0.25) is 5.02 Å². The molecule has 8 nitrogen and oxygen atoms in total. The molecule has 1 amide bonds. The van der Waals surface area contributed by atoms with Crippen LogP contribution in [0.15, 0.2) is 23.1 Å². The lowest BCUT2D eigenvalue weighted by atomic mass is 9.92. The van der Waals surface area contributed by atoms with Gasteiger partial charge in [0, 0.05) is 18.1 Å². The Labute approximate surface area is 150 Å². The summed E-state index contributed by atoms with van der Waals surface area (Å²) < 4.78 is 32.3. The van der Waals surface area contributed by atoms with Crippen LogP contribution in [0.3, 0.4) is 0 Å². The number of sulfonamides is 1. The van der Waals surface area contributed by atoms with Gasteiger partial charge in [0.15, 0.2) is 6.61 Å². The van der Waals surface area contributed by atoms with Crippen LogP contribution in [0.4, 0.5) is 0 Å². The number of amides is 1. The fraction of sp³-hybridized carbons (Fsp3) is 0.467. The number of carbonyl (C=O) groups excluding carboxylic acids is 1. The van der Waals surface area contributed by atoms with E-state index in [2.05, 4.69) is 0 Å². The number of primary amides is 1. The van der Waals surface area contributed by atoms with Gasteiger partial charge in [-0.15, -0.1) is 0 Å². The molecule has 2 unspecified atom stereocenters. The molecular weight excluding hydrogens is 372 g/mol. The normalized spacial score (nSPS) is 21.7. The Kier molecular flexibility index (Phi) is 5.91. The number of aliphatic carboxylic acids is 1. The van der Waals surface area contributed by atoms with Gasteiger partial charge in [-0.1, -0.05) is 18.5 Å². The molecule has 0 aliphatic carbocycles. The van der Waals surface area contributed by atoms with Crippen LogP contribution < -0.4 is 10.5 Å². The van der Waals surface area contributed by atoms with Crippen molar-refractivity contribution in [2.24, 2.45) is 17.6 Å². The summed E-state index contributed by atoms with van der Waals surface area (Å²) in [5.41, 5.74) is 5.03. The fourth-order valence-corrected chi connectivity index (χ4v) is 4.77. The van der Waals surface area contributed by atoms with Gasteiger partial charge in [0.2, 0.25) is 10.0 Å². The molecule has 25 heavy (non-hydrogen) atoms. The topological polar surface area (TPSA) is 127 Å². The standard InChI is InChI=1S/C15H19ClN2O6S/c1-9-4-10(15(20)21)7-18(6-9)25(22,23)13-5-11(16)2-3-12(13)24-8-14(17)19/h2-3,5,9-10H,4,6-8H2,1H3,(H2,17,19)(H,20,21). The van der Waals surface area contributed by atoms with Gasteiger partial charge in [0.1, 0.15) is 10.6 Å². The number of nitrogens with two attached hydrogens (primary N) is 1. The van der Waals surface area contributed by atoms with Crippen molar-refractivity contribution in [1.29, 1.82) is 0 Å². The summed E-state index contributed by atoms with van der Waals surface area (Å²) in [4.78, 5) is 22.0. The van der Waals surface area contributed by atoms with E-state index in [1.54, 1.807) is 6.92 Å². The summed E-state index contributed by atoms with van der Waals surface area (Å²) in [5, 5.41) is 9.41. The van der Waals surface area contributed by atoms with E-state index in [4.69, 9.17) is 22.1 Å². The summed E-state index contributed by atoms with van der Waals surface area (Å²) in [7, 11) is -4.05. The molecule has 1 fully saturated rings. The molecule has 138 valence electrons. The molecule has 1 aromatic carbocycles. The minimum absolute atomic E-state index is 0.0618. The predicted octanol–water partition coefficient (Wildman–Crippen LogP) is 0.935. The van der Waals surface area contributed by atoms with Crippen LogP contribution >= 0.6 is 11.6 Å². The van der Waals surface area contributed by atoms with Gasteiger partial charge in [-0.2, -0.15) is 4.31 Å². The van der Waals surface area contributed by atoms with Crippen LogP contribution in [-0.2, 0) is 19.6 Å².